The molecule has 116 valence electrons. The highest BCUT2D eigenvalue weighted by molar-refractivity contribution is 5.37. The highest BCUT2D eigenvalue weighted by atomic mass is 15.2. The van der Waals surface area contributed by atoms with Gasteiger partial charge in [0.15, 0.2) is 0 Å². The fraction of sp³-hybridized carbons (Fsp3) is 0.667. The topological polar surface area (TPSA) is 18.5 Å². The number of hydrogen-bond acceptors (Lipinski definition) is 3. The van der Waals surface area contributed by atoms with Crippen molar-refractivity contribution in [2.75, 3.05) is 34.2 Å². The molecule has 1 fully saturated rings. The molecule has 3 heteroatoms. The Morgan fingerprint density at radius 1 is 1.19 bits per heavy atom. The van der Waals surface area contributed by atoms with Crippen LogP contribution in [-0.4, -0.2) is 49.6 Å². The van der Waals surface area contributed by atoms with Gasteiger partial charge in [-0.3, -0.25) is 0 Å². The lowest BCUT2D eigenvalue weighted by Gasteiger charge is -2.49. The first-order chi connectivity index (χ1) is 10.1. The number of fused-ring (bicyclic) bond motifs is 1. The molecule has 3 rings (SSSR count). The van der Waals surface area contributed by atoms with Crippen molar-refractivity contribution >= 4 is 0 Å². The van der Waals surface area contributed by atoms with Crippen LogP contribution in [0, 0.1) is 0 Å². The molecule has 21 heavy (non-hydrogen) atoms. The quantitative estimate of drug-likeness (QED) is 0.896. The number of likely N-dealkylation sites (N-methyl/N-ethyl adjacent to an activating group) is 2. The van der Waals surface area contributed by atoms with Crippen molar-refractivity contribution in [2.24, 2.45) is 0 Å². The second-order valence-corrected chi connectivity index (χ2v) is 7.13. The average Bonchev–Trinajstić information content (AvgIpc) is 2.43. The molecule has 1 aliphatic carbocycles. The predicted octanol–water partition coefficient (Wildman–Crippen LogP) is 2.25. The molecule has 1 heterocycles. The van der Waals surface area contributed by atoms with Crippen molar-refractivity contribution < 1.29 is 0 Å². The molecule has 3 nitrogen and oxygen atoms in total. The van der Waals surface area contributed by atoms with Gasteiger partial charge in [0.1, 0.15) is 0 Å². The van der Waals surface area contributed by atoms with Crippen molar-refractivity contribution in [3.05, 3.63) is 34.9 Å². The summed E-state index contributed by atoms with van der Waals surface area (Å²) in [7, 11) is 6.76. The maximum Gasteiger partial charge on any atom is 0.0330 e. The monoisotopic (exact) mass is 287 g/mol. The third-order valence-corrected chi connectivity index (χ3v) is 5.47. The van der Waals surface area contributed by atoms with Gasteiger partial charge in [-0.15, -0.1) is 0 Å². The summed E-state index contributed by atoms with van der Waals surface area (Å²) < 4.78 is 0. The molecule has 0 atom stereocenters. The highest BCUT2D eigenvalue weighted by Crippen LogP contribution is 2.37. The Labute approximate surface area is 129 Å². The Hall–Kier alpha value is -0.900. The molecule has 1 aliphatic heterocycles. The van der Waals surface area contributed by atoms with Gasteiger partial charge in [0.2, 0.25) is 0 Å². The van der Waals surface area contributed by atoms with Crippen LogP contribution >= 0.6 is 0 Å². The molecule has 0 aromatic heterocycles. The summed E-state index contributed by atoms with van der Waals surface area (Å²) in [5, 5.41) is 3.47. The minimum absolute atomic E-state index is 0.422. The predicted molar refractivity (Wildman–Crippen MR) is 88.5 cm³/mol. The second-order valence-electron chi connectivity index (χ2n) is 7.13. The van der Waals surface area contributed by atoms with Gasteiger partial charge in [-0.1, -0.05) is 18.2 Å². The lowest BCUT2D eigenvalue weighted by Crippen LogP contribution is -2.56. The first kappa shape index (κ1) is 15.0. The SMILES string of the molecule is CN(Cc1cccc2c1CCNC2)CC1(N(C)C)CCC1. The normalized spacial score (nSPS) is 20.4. The zero-order valence-corrected chi connectivity index (χ0v) is 13.8. The van der Waals surface area contributed by atoms with E-state index in [1.165, 1.54) is 43.4 Å². The second kappa shape index (κ2) is 6.07. The maximum absolute atomic E-state index is 3.47. The van der Waals surface area contributed by atoms with E-state index < -0.39 is 0 Å². The van der Waals surface area contributed by atoms with E-state index in [4.69, 9.17) is 0 Å². The van der Waals surface area contributed by atoms with Crippen LogP contribution in [0.1, 0.15) is 36.0 Å². The van der Waals surface area contributed by atoms with E-state index in [9.17, 15) is 0 Å². The van der Waals surface area contributed by atoms with E-state index in [0.29, 0.717) is 5.54 Å². The van der Waals surface area contributed by atoms with E-state index in [2.05, 4.69) is 54.5 Å². The summed E-state index contributed by atoms with van der Waals surface area (Å²) in [5.41, 5.74) is 5.05. The third kappa shape index (κ3) is 3.01. The molecule has 0 amide bonds. The molecular formula is C18H29N3. The first-order valence-corrected chi connectivity index (χ1v) is 8.27. The molecule has 1 saturated carbocycles. The summed E-state index contributed by atoms with van der Waals surface area (Å²) in [6, 6.07) is 6.82. The fourth-order valence-electron chi connectivity index (χ4n) is 3.94. The van der Waals surface area contributed by atoms with Crippen molar-refractivity contribution in [3.8, 4) is 0 Å². The molecule has 1 N–H and O–H groups in total. The van der Waals surface area contributed by atoms with Crippen LogP contribution in [0.4, 0.5) is 0 Å². The molecular weight excluding hydrogens is 258 g/mol. The minimum Gasteiger partial charge on any atom is -0.312 e. The van der Waals surface area contributed by atoms with Crippen molar-refractivity contribution in [1.82, 2.24) is 15.1 Å². The lowest BCUT2D eigenvalue weighted by atomic mass is 9.75. The number of nitrogens with one attached hydrogen (secondary N) is 1. The van der Waals surface area contributed by atoms with E-state index in [-0.39, 0.29) is 0 Å². The summed E-state index contributed by atoms with van der Waals surface area (Å²) in [6.45, 7) is 4.42. The minimum atomic E-state index is 0.422. The van der Waals surface area contributed by atoms with Gasteiger partial charge in [0.25, 0.3) is 0 Å². The van der Waals surface area contributed by atoms with E-state index >= 15 is 0 Å². The smallest absolute Gasteiger partial charge is 0.0330 e. The number of hydrogen-bond donors (Lipinski definition) is 1. The van der Waals surface area contributed by atoms with Gasteiger partial charge in [-0.05, 0) is 70.1 Å². The summed E-state index contributed by atoms with van der Waals surface area (Å²) in [5.74, 6) is 0. The Morgan fingerprint density at radius 3 is 2.67 bits per heavy atom. The Kier molecular flexibility index (Phi) is 4.34. The van der Waals surface area contributed by atoms with Crippen molar-refractivity contribution in [1.29, 1.82) is 0 Å². The zero-order valence-electron chi connectivity index (χ0n) is 13.8. The third-order valence-electron chi connectivity index (χ3n) is 5.47. The van der Waals surface area contributed by atoms with Crippen molar-refractivity contribution in [3.63, 3.8) is 0 Å². The number of nitrogens with zero attached hydrogens (tertiary/aromatic N) is 2. The van der Waals surface area contributed by atoms with Gasteiger partial charge < -0.3 is 15.1 Å². The van der Waals surface area contributed by atoms with E-state index in [1.54, 1.807) is 5.56 Å². The molecule has 0 unspecified atom stereocenters. The van der Waals surface area contributed by atoms with Gasteiger partial charge in [-0.25, -0.2) is 0 Å². The van der Waals surface area contributed by atoms with Gasteiger partial charge in [0, 0.05) is 25.2 Å². The molecule has 0 saturated heterocycles. The Morgan fingerprint density at radius 2 is 2.00 bits per heavy atom. The summed E-state index contributed by atoms with van der Waals surface area (Å²) in [6.07, 6.45) is 5.26. The largest absolute Gasteiger partial charge is 0.312 e. The average molecular weight is 287 g/mol. The van der Waals surface area contributed by atoms with E-state index in [1.807, 2.05) is 0 Å². The van der Waals surface area contributed by atoms with Crippen LogP contribution in [0.15, 0.2) is 18.2 Å². The molecule has 1 aromatic carbocycles. The fourth-order valence-corrected chi connectivity index (χ4v) is 3.94. The van der Waals surface area contributed by atoms with Gasteiger partial charge in [-0.2, -0.15) is 0 Å². The number of benzene rings is 1. The van der Waals surface area contributed by atoms with E-state index in [0.717, 1.165) is 19.6 Å². The Bertz CT molecular complexity index is 491. The highest BCUT2D eigenvalue weighted by Gasteiger charge is 2.39. The van der Waals surface area contributed by atoms with Crippen LogP contribution < -0.4 is 5.32 Å². The van der Waals surface area contributed by atoms with Crippen LogP contribution in [0.5, 0.6) is 0 Å². The van der Waals surface area contributed by atoms with Gasteiger partial charge in [0.05, 0.1) is 0 Å². The summed E-state index contributed by atoms with van der Waals surface area (Å²) >= 11 is 0. The van der Waals surface area contributed by atoms with Crippen LogP contribution in [0.2, 0.25) is 0 Å². The van der Waals surface area contributed by atoms with Crippen LogP contribution in [0.25, 0.3) is 0 Å². The lowest BCUT2D eigenvalue weighted by molar-refractivity contribution is 0.0258. The van der Waals surface area contributed by atoms with Crippen LogP contribution in [0.3, 0.4) is 0 Å². The number of rotatable bonds is 5. The molecule has 0 radical (unpaired) electrons. The van der Waals surface area contributed by atoms with Gasteiger partial charge >= 0.3 is 0 Å². The molecule has 0 spiro atoms. The standard InChI is InChI=1S/C18H29N3/c1-20(2)18(9-5-10-18)14-21(3)13-16-7-4-6-15-12-19-11-8-17(15)16/h4,6-7,19H,5,8-14H2,1-3H3. The zero-order chi connectivity index (χ0) is 14.9. The summed E-state index contributed by atoms with van der Waals surface area (Å²) in [4.78, 5) is 4.97. The molecule has 1 aromatic rings. The Balaban J connectivity index is 1.69. The van der Waals surface area contributed by atoms with Crippen molar-refractivity contribution in [2.45, 2.75) is 44.3 Å². The van der Waals surface area contributed by atoms with Crippen LogP contribution in [-0.2, 0) is 19.5 Å². The maximum atomic E-state index is 3.47. The molecule has 0 bridgehead atoms. The first-order valence-electron chi connectivity index (χ1n) is 8.27. The molecule has 2 aliphatic rings.